The van der Waals surface area contributed by atoms with Crippen LogP contribution in [-0.4, -0.2) is 64.7 Å². The van der Waals surface area contributed by atoms with Crippen molar-refractivity contribution in [1.82, 2.24) is 18.6 Å². The number of nitrogens with zero attached hydrogens (tertiary/aromatic N) is 4. The lowest BCUT2D eigenvalue weighted by atomic mass is 10.4. The summed E-state index contributed by atoms with van der Waals surface area (Å²) in [5.41, 5.74) is 0. The van der Waals surface area contributed by atoms with Gasteiger partial charge in [-0.3, -0.25) is 4.79 Å². The van der Waals surface area contributed by atoms with Crippen molar-refractivity contribution in [1.29, 1.82) is 0 Å². The summed E-state index contributed by atoms with van der Waals surface area (Å²) < 4.78 is 31.4. The van der Waals surface area contributed by atoms with Crippen LogP contribution < -0.4 is 0 Å². The summed E-state index contributed by atoms with van der Waals surface area (Å²) in [7, 11) is -3.56. The quantitative estimate of drug-likeness (QED) is 0.665. The molecule has 1 amide bonds. The Bertz CT molecular complexity index is 841. The summed E-state index contributed by atoms with van der Waals surface area (Å²) in [6.45, 7) is 0.795. The summed E-state index contributed by atoms with van der Waals surface area (Å²) in [4.78, 5) is 18.4. The fourth-order valence-corrected chi connectivity index (χ4v) is 5.78. The molecule has 0 saturated carbocycles. The molecule has 1 aliphatic rings. The van der Waals surface area contributed by atoms with Crippen molar-refractivity contribution in [3.63, 3.8) is 0 Å². The second kappa shape index (κ2) is 8.04. The molecule has 0 spiro atoms. The second-order valence-corrected chi connectivity index (χ2v) is 9.81. The molecule has 1 aromatic heterocycles. The van der Waals surface area contributed by atoms with Gasteiger partial charge < -0.3 is 4.90 Å². The number of hydrogen-bond donors (Lipinski definition) is 0. The number of aromatic nitrogens is 2. The third-order valence-electron chi connectivity index (χ3n) is 3.57. The van der Waals surface area contributed by atoms with Crippen LogP contribution in [0.1, 0.15) is 0 Å². The largest absolute Gasteiger partial charge is 0.327 e. The van der Waals surface area contributed by atoms with E-state index in [1.807, 2.05) is 6.26 Å². The summed E-state index contributed by atoms with van der Waals surface area (Å²) in [6.07, 6.45) is 1.90. The van der Waals surface area contributed by atoms with Crippen molar-refractivity contribution in [2.45, 2.75) is 14.4 Å². The number of sulfonamides is 1. The third kappa shape index (κ3) is 4.34. The third-order valence-corrected chi connectivity index (χ3v) is 7.90. The fraction of sp³-hybridized carbons (Fsp3) is 0.357. The SMILES string of the molecule is CSc1nsc(SCC(=O)N2CCN(S(=O)(=O)c3ccccc3)C2)n1. The van der Waals surface area contributed by atoms with Crippen molar-refractivity contribution >= 4 is 51.0 Å². The molecule has 2 heterocycles. The first-order chi connectivity index (χ1) is 12.0. The lowest BCUT2D eigenvalue weighted by Gasteiger charge is -2.18. The molecule has 11 heteroatoms. The van der Waals surface area contributed by atoms with Crippen LogP contribution in [0.15, 0.2) is 44.7 Å². The van der Waals surface area contributed by atoms with Gasteiger partial charge in [-0.15, -0.1) is 0 Å². The van der Waals surface area contributed by atoms with Crippen LogP contribution in [0.25, 0.3) is 0 Å². The van der Waals surface area contributed by atoms with Crippen LogP contribution in [0.5, 0.6) is 0 Å². The zero-order valence-electron chi connectivity index (χ0n) is 13.4. The lowest BCUT2D eigenvalue weighted by molar-refractivity contribution is -0.127. The van der Waals surface area contributed by atoms with Gasteiger partial charge in [0.25, 0.3) is 0 Å². The van der Waals surface area contributed by atoms with Gasteiger partial charge in [0, 0.05) is 13.1 Å². The van der Waals surface area contributed by atoms with Crippen LogP contribution >= 0.6 is 35.1 Å². The van der Waals surface area contributed by atoms with Crippen LogP contribution in [0.3, 0.4) is 0 Å². The van der Waals surface area contributed by atoms with Gasteiger partial charge in [0.15, 0.2) is 4.34 Å². The Morgan fingerprint density at radius 1 is 1.28 bits per heavy atom. The van der Waals surface area contributed by atoms with E-state index in [0.29, 0.717) is 18.2 Å². The zero-order valence-corrected chi connectivity index (χ0v) is 16.6. The Morgan fingerprint density at radius 2 is 2.04 bits per heavy atom. The van der Waals surface area contributed by atoms with Crippen molar-refractivity contribution in [3.8, 4) is 0 Å². The number of carbonyl (C=O) groups excluding carboxylic acids is 1. The predicted molar refractivity (Wildman–Crippen MR) is 99.3 cm³/mol. The van der Waals surface area contributed by atoms with E-state index >= 15 is 0 Å². The van der Waals surface area contributed by atoms with Gasteiger partial charge in [-0.05, 0) is 29.9 Å². The zero-order chi connectivity index (χ0) is 17.9. The smallest absolute Gasteiger partial charge is 0.244 e. The van der Waals surface area contributed by atoms with E-state index in [-0.39, 0.29) is 23.2 Å². The monoisotopic (exact) mass is 416 g/mol. The maximum Gasteiger partial charge on any atom is 0.244 e. The van der Waals surface area contributed by atoms with E-state index in [4.69, 9.17) is 0 Å². The number of carbonyl (C=O) groups is 1. The number of thioether (sulfide) groups is 2. The predicted octanol–water partition coefficient (Wildman–Crippen LogP) is 1.84. The first kappa shape index (κ1) is 18.6. The van der Waals surface area contributed by atoms with Crippen molar-refractivity contribution in [2.24, 2.45) is 0 Å². The Kier molecular flexibility index (Phi) is 6.00. The van der Waals surface area contributed by atoms with Gasteiger partial charge >= 0.3 is 0 Å². The molecule has 7 nitrogen and oxygen atoms in total. The number of rotatable bonds is 6. The van der Waals surface area contributed by atoms with Crippen molar-refractivity contribution in [2.75, 3.05) is 31.8 Å². The second-order valence-electron chi connectivity index (χ2n) is 5.13. The highest BCUT2D eigenvalue weighted by Gasteiger charge is 2.33. The Labute approximate surface area is 159 Å². The van der Waals surface area contributed by atoms with Gasteiger partial charge in [0.2, 0.25) is 21.1 Å². The standard InChI is InChI=1S/C14H16N4O3S4/c1-22-13-15-14(24-16-13)23-9-12(19)17-7-8-18(10-17)25(20,21)11-5-3-2-4-6-11/h2-6H,7-10H2,1H3. The summed E-state index contributed by atoms with van der Waals surface area (Å²) in [6, 6.07) is 8.27. The summed E-state index contributed by atoms with van der Waals surface area (Å²) in [5, 5.41) is 0.696. The molecule has 2 aromatic rings. The molecule has 0 N–H and O–H groups in total. The van der Waals surface area contributed by atoms with E-state index in [1.165, 1.54) is 39.4 Å². The van der Waals surface area contributed by atoms with Gasteiger partial charge in [0.05, 0.1) is 17.3 Å². The normalized spacial score (nSPS) is 15.6. The molecule has 0 atom stereocenters. The molecule has 3 rings (SSSR count). The highest BCUT2D eigenvalue weighted by molar-refractivity contribution is 8.01. The summed E-state index contributed by atoms with van der Waals surface area (Å²) in [5.74, 6) is 0.124. The van der Waals surface area contributed by atoms with Crippen molar-refractivity contribution < 1.29 is 13.2 Å². The average molecular weight is 417 g/mol. The number of hydrogen-bond acceptors (Lipinski definition) is 8. The molecule has 1 fully saturated rings. The minimum absolute atomic E-state index is 0.0861. The number of amides is 1. The molecule has 25 heavy (non-hydrogen) atoms. The highest BCUT2D eigenvalue weighted by Crippen LogP contribution is 2.25. The molecule has 0 radical (unpaired) electrons. The van der Waals surface area contributed by atoms with Crippen LogP contribution in [0.4, 0.5) is 0 Å². The van der Waals surface area contributed by atoms with Crippen LogP contribution in [0, 0.1) is 0 Å². The molecule has 1 aromatic carbocycles. The molecule has 134 valence electrons. The van der Waals surface area contributed by atoms with Gasteiger partial charge in [0.1, 0.15) is 0 Å². The Balaban J connectivity index is 1.57. The molecular formula is C14H16N4O3S4. The molecule has 0 aliphatic carbocycles. The Hall–Kier alpha value is -1.14. The summed E-state index contributed by atoms with van der Waals surface area (Å²) >= 11 is 4.05. The molecule has 1 saturated heterocycles. The van der Waals surface area contributed by atoms with E-state index in [0.717, 1.165) is 4.34 Å². The van der Waals surface area contributed by atoms with Crippen LogP contribution in [-0.2, 0) is 14.8 Å². The van der Waals surface area contributed by atoms with Crippen LogP contribution in [0.2, 0.25) is 0 Å². The average Bonchev–Trinajstić information content (AvgIpc) is 3.30. The Morgan fingerprint density at radius 3 is 2.72 bits per heavy atom. The van der Waals surface area contributed by atoms with E-state index in [2.05, 4.69) is 9.36 Å². The van der Waals surface area contributed by atoms with E-state index in [1.54, 1.807) is 35.2 Å². The molecular weight excluding hydrogens is 400 g/mol. The maximum absolute atomic E-state index is 12.6. The van der Waals surface area contributed by atoms with E-state index < -0.39 is 10.0 Å². The van der Waals surface area contributed by atoms with Gasteiger partial charge in [-0.25, -0.2) is 13.4 Å². The van der Waals surface area contributed by atoms with Gasteiger partial charge in [-0.1, -0.05) is 41.7 Å². The first-order valence-corrected chi connectivity index (χ1v) is 11.8. The fourth-order valence-electron chi connectivity index (χ4n) is 2.26. The van der Waals surface area contributed by atoms with E-state index in [9.17, 15) is 13.2 Å². The van der Waals surface area contributed by atoms with Gasteiger partial charge in [-0.2, -0.15) is 8.68 Å². The number of benzene rings is 1. The first-order valence-electron chi connectivity index (χ1n) is 7.34. The molecule has 1 aliphatic heterocycles. The molecule has 0 bridgehead atoms. The maximum atomic E-state index is 12.6. The topological polar surface area (TPSA) is 83.5 Å². The lowest BCUT2D eigenvalue weighted by Crippen LogP contribution is -2.34. The minimum atomic E-state index is -3.56. The minimum Gasteiger partial charge on any atom is -0.327 e. The van der Waals surface area contributed by atoms with Crippen molar-refractivity contribution in [3.05, 3.63) is 30.3 Å². The highest BCUT2D eigenvalue weighted by atomic mass is 32.2. The molecule has 0 unspecified atom stereocenters.